The Hall–Kier alpha value is -0.780. The molecule has 0 aromatic rings. The predicted octanol–water partition coefficient (Wildman–Crippen LogP) is 4.15. The van der Waals surface area contributed by atoms with Crippen molar-refractivity contribution in [3.63, 3.8) is 0 Å². The van der Waals surface area contributed by atoms with Gasteiger partial charge in [0, 0.05) is 0 Å². The molecular weight excluding hydrogens is 156 g/mol. The number of hydrogen-bond acceptors (Lipinski definition) is 0. The van der Waals surface area contributed by atoms with Gasteiger partial charge in [0.25, 0.3) is 0 Å². The second-order valence-corrected chi connectivity index (χ2v) is 4.02. The quantitative estimate of drug-likeness (QED) is 0.560. The van der Waals surface area contributed by atoms with Crippen LogP contribution in [0, 0.1) is 0 Å². The lowest BCUT2D eigenvalue weighted by atomic mass is 9.91. The normalized spacial score (nSPS) is 22.4. The maximum atomic E-state index is 2.45. The molecule has 70 valence electrons. The molecule has 0 atom stereocenters. The molecule has 0 bridgehead atoms. The van der Waals surface area contributed by atoms with Gasteiger partial charge < -0.3 is 0 Å². The van der Waals surface area contributed by atoms with E-state index in [0.29, 0.717) is 0 Å². The van der Waals surface area contributed by atoms with Gasteiger partial charge in [0.1, 0.15) is 0 Å². The summed E-state index contributed by atoms with van der Waals surface area (Å²) in [5.41, 5.74) is 4.83. The van der Waals surface area contributed by atoms with Gasteiger partial charge in [-0.1, -0.05) is 30.7 Å². The third-order valence-electron chi connectivity index (χ3n) is 3.09. The molecule has 2 aliphatic carbocycles. The number of rotatable bonds is 1. The fraction of sp³-hybridized carbons (Fsp3) is 0.538. The number of allylic oxidation sites excluding steroid dienone is 6. The molecule has 0 fully saturated rings. The van der Waals surface area contributed by atoms with Gasteiger partial charge in [-0.3, -0.25) is 0 Å². The SMILES string of the molecule is CCC1=CC2=C(C=CC1)CCCC2. The molecule has 0 saturated heterocycles. The Morgan fingerprint density at radius 3 is 2.69 bits per heavy atom. The van der Waals surface area contributed by atoms with Gasteiger partial charge in [-0.2, -0.15) is 0 Å². The van der Waals surface area contributed by atoms with Crippen molar-refractivity contribution in [2.75, 3.05) is 0 Å². The fourth-order valence-electron chi connectivity index (χ4n) is 2.21. The Kier molecular flexibility index (Phi) is 2.68. The van der Waals surface area contributed by atoms with Gasteiger partial charge in [-0.05, 0) is 49.7 Å². The van der Waals surface area contributed by atoms with Crippen molar-refractivity contribution < 1.29 is 0 Å². The van der Waals surface area contributed by atoms with Gasteiger partial charge in [0.15, 0.2) is 0 Å². The zero-order valence-electron chi connectivity index (χ0n) is 8.47. The standard InChI is InChI=1S/C13H18/c1-2-11-6-5-9-12-7-3-4-8-13(12)10-11/h5,9-10H,2-4,6-8H2,1H3. The molecule has 0 aromatic heterocycles. The summed E-state index contributed by atoms with van der Waals surface area (Å²) in [4.78, 5) is 0. The molecule has 13 heavy (non-hydrogen) atoms. The molecule has 2 aliphatic rings. The summed E-state index contributed by atoms with van der Waals surface area (Å²) < 4.78 is 0. The average molecular weight is 174 g/mol. The second kappa shape index (κ2) is 3.95. The third kappa shape index (κ3) is 1.93. The van der Waals surface area contributed by atoms with E-state index in [1.54, 1.807) is 16.7 Å². The summed E-state index contributed by atoms with van der Waals surface area (Å²) in [5, 5.41) is 0. The van der Waals surface area contributed by atoms with Crippen LogP contribution in [0.25, 0.3) is 0 Å². The highest BCUT2D eigenvalue weighted by atomic mass is 14.2. The Morgan fingerprint density at radius 2 is 1.92 bits per heavy atom. The summed E-state index contributed by atoms with van der Waals surface area (Å²) in [6.07, 6.45) is 14.9. The highest BCUT2D eigenvalue weighted by Gasteiger charge is 2.10. The predicted molar refractivity (Wildman–Crippen MR) is 57.6 cm³/mol. The summed E-state index contributed by atoms with van der Waals surface area (Å²) in [7, 11) is 0. The van der Waals surface area contributed by atoms with Crippen LogP contribution in [0.1, 0.15) is 45.4 Å². The van der Waals surface area contributed by atoms with Gasteiger partial charge in [0.05, 0.1) is 0 Å². The molecule has 2 rings (SSSR count). The van der Waals surface area contributed by atoms with Crippen molar-refractivity contribution in [1.82, 2.24) is 0 Å². The van der Waals surface area contributed by atoms with Crippen molar-refractivity contribution in [2.45, 2.75) is 45.4 Å². The zero-order chi connectivity index (χ0) is 9.10. The first kappa shape index (κ1) is 8.80. The van der Waals surface area contributed by atoms with Crippen molar-refractivity contribution in [3.8, 4) is 0 Å². The van der Waals surface area contributed by atoms with Crippen LogP contribution < -0.4 is 0 Å². The zero-order valence-corrected chi connectivity index (χ0v) is 8.47. The number of hydrogen-bond donors (Lipinski definition) is 0. The van der Waals surface area contributed by atoms with Gasteiger partial charge in [0.2, 0.25) is 0 Å². The topological polar surface area (TPSA) is 0 Å². The average Bonchev–Trinajstić information content (AvgIpc) is 2.38. The van der Waals surface area contributed by atoms with Crippen LogP contribution in [0.3, 0.4) is 0 Å². The fourth-order valence-corrected chi connectivity index (χ4v) is 2.21. The summed E-state index contributed by atoms with van der Waals surface area (Å²) >= 11 is 0. The van der Waals surface area contributed by atoms with Crippen molar-refractivity contribution in [3.05, 3.63) is 34.9 Å². The van der Waals surface area contributed by atoms with Crippen molar-refractivity contribution in [2.24, 2.45) is 0 Å². The first-order valence-electron chi connectivity index (χ1n) is 5.48. The van der Waals surface area contributed by atoms with E-state index in [0.717, 1.165) is 0 Å². The van der Waals surface area contributed by atoms with E-state index in [-0.39, 0.29) is 0 Å². The van der Waals surface area contributed by atoms with Crippen LogP contribution in [0.2, 0.25) is 0 Å². The minimum atomic E-state index is 1.17. The van der Waals surface area contributed by atoms with E-state index in [1.807, 2.05) is 0 Å². The lowest BCUT2D eigenvalue weighted by Gasteiger charge is -2.14. The van der Waals surface area contributed by atoms with Crippen molar-refractivity contribution >= 4 is 0 Å². The lowest BCUT2D eigenvalue weighted by Crippen LogP contribution is -1.95. The van der Waals surface area contributed by atoms with Crippen LogP contribution >= 0.6 is 0 Å². The van der Waals surface area contributed by atoms with Crippen LogP contribution in [-0.4, -0.2) is 0 Å². The molecule has 0 N–H and O–H groups in total. The molecule has 0 spiro atoms. The molecule has 0 unspecified atom stereocenters. The van der Waals surface area contributed by atoms with E-state index in [1.165, 1.54) is 38.5 Å². The van der Waals surface area contributed by atoms with E-state index in [2.05, 4.69) is 25.2 Å². The molecule has 0 radical (unpaired) electrons. The van der Waals surface area contributed by atoms with E-state index in [4.69, 9.17) is 0 Å². The Balaban J connectivity index is 2.30. The largest absolute Gasteiger partial charge is 0.0802 e. The molecule has 0 saturated carbocycles. The highest BCUT2D eigenvalue weighted by molar-refractivity contribution is 5.39. The minimum Gasteiger partial charge on any atom is -0.0802 e. The Labute approximate surface area is 81.0 Å². The molecule has 0 amide bonds. The summed E-state index contributed by atoms with van der Waals surface area (Å²) in [6.45, 7) is 2.26. The van der Waals surface area contributed by atoms with Crippen LogP contribution in [0.5, 0.6) is 0 Å². The lowest BCUT2D eigenvalue weighted by molar-refractivity contribution is 0.693. The molecule has 0 aliphatic heterocycles. The Bertz CT molecular complexity index is 276. The van der Waals surface area contributed by atoms with E-state index >= 15 is 0 Å². The van der Waals surface area contributed by atoms with Gasteiger partial charge in [-0.15, -0.1) is 0 Å². The van der Waals surface area contributed by atoms with Crippen molar-refractivity contribution in [1.29, 1.82) is 0 Å². The molecule has 0 heteroatoms. The van der Waals surface area contributed by atoms with Crippen LogP contribution in [-0.2, 0) is 0 Å². The smallest absolute Gasteiger partial charge is 0.0132 e. The molecule has 0 aromatic carbocycles. The van der Waals surface area contributed by atoms with E-state index < -0.39 is 0 Å². The first-order chi connectivity index (χ1) is 6.40. The molecule has 0 nitrogen and oxygen atoms in total. The molecular formula is C13H18. The Morgan fingerprint density at radius 1 is 1.15 bits per heavy atom. The minimum absolute atomic E-state index is 1.17. The summed E-state index contributed by atoms with van der Waals surface area (Å²) in [6, 6.07) is 0. The van der Waals surface area contributed by atoms with Gasteiger partial charge >= 0.3 is 0 Å². The van der Waals surface area contributed by atoms with Crippen LogP contribution in [0.15, 0.2) is 34.9 Å². The van der Waals surface area contributed by atoms with Gasteiger partial charge in [-0.25, -0.2) is 0 Å². The highest BCUT2D eigenvalue weighted by Crippen LogP contribution is 2.30. The van der Waals surface area contributed by atoms with E-state index in [9.17, 15) is 0 Å². The molecule has 0 heterocycles. The third-order valence-corrected chi connectivity index (χ3v) is 3.09. The monoisotopic (exact) mass is 174 g/mol. The maximum absolute atomic E-state index is 2.45. The van der Waals surface area contributed by atoms with Crippen LogP contribution in [0.4, 0.5) is 0 Å². The summed E-state index contributed by atoms with van der Waals surface area (Å²) in [5.74, 6) is 0. The maximum Gasteiger partial charge on any atom is -0.0132 e. The first-order valence-corrected chi connectivity index (χ1v) is 5.48. The second-order valence-electron chi connectivity index (χ2n) is 4.02.